The molecule has 0 aliphatic carbocycles. The summed E-state index contributed by atoms with van der Waals surface area (Å²) in [6, 6.07) is 0. The summed E-state index contributed by atoms with van der Waals surface area (Å²) in [5.74, 6) is 0.928. The molecule has 2 saturated heterocycles. The molecule has 2 aliphatic rings. The zero-order valence-electron chi connectivity index (χ0n) is 14.0. The lowest BCUT2D eigenvalue weighted by atomic mass is 9.88. The molecule has 2 aliphatic heterocycles. The van der Waals surface area contributed by atoms with E-state index in [1.54, 1.807) is 11.8 Å². The standard InChI is InChI=1S/C15H23N3O5S/c1-11-16-14(23-17-11)12-3-5-15(22-12)6-8-18(9-7-15)13(19)4-10-24(2,20)21/h12H,3-10H2,1-2H3. The molecule has 3 heterocycles. The van der Waals surface area contributed by atoms with E-state index in [0.29, 0.717) is 24.8 Å². The predicted molar refractivity (Wildman–Crippen MR) is 85.0 cm³/mol. The van der Waals surface area contributed by atoms with Gasteiger partial charge in [-0.15, -0.1) is 0 Å². The molecule has 0 saturated carbocycles. The molecule has 134 valence electrons. The van der Waals surface area contributed by atoms with Crippen LogP contribution < -0.4 is 0 Å². The number of carbonyl (C=O) groups excluding carboxylic acids is 1. The fourth-order valence-corrected chi connectivity index (χ4v) is 3.94. The summed E-state index contributed by atoms with van der Waals surface area (Å²) in [6.45, 7) is 2.97. The van der Waals surface area contributed by atoms with E-state index >= 15 is 0 Å². The van der Waals surface area contributed by atoms with Gasteiger partial charge < -0.3 is 14.2 Å². The Kier molecular flexibility index (Phi) is 4.65. The molecule has 2 fully saturated rings. The maximum absolute atomic E-state index is 12.1. The smallest absolute Gasteiger partial charge is 0.255 e. The number of hydrogen-bond acceptors (Lipinski definition) is 7. The van der Waals surface area contributed by atoms with E-state index in [1.807, 2.05) is 0 Å². The zero-order chi connectivity index (χ0) is 17.4. The van der Waals surface area contributed by atoms with Crippen LogP contribution in [-0.2, 0) is 19.4 Å². The fraction of sp³-hybridized carbons (Fsp3) is 0.800. The van der Waals surface area contributed by atoms with Gasteiger partial charge in [0.25, 0.3) is 5.89 Å². The fourth-order valence-electron chi connectivity index (χ4n) is 3.39. The first kappa shape index (κ1) is 17.3. The Morgan fingerprint density at radius 3 is 2.62 bits per heavy atom. The monoisotopic (exact) mass is 357 g/mol. The van der Waals surface area contributed by atoms with Crippen LogP contribution in [-0.4, -0.2) is 60.1 Å². The Hall–Kier alpha value is -1.48. The molecule has 3 rings (SSSR count). The van der Waals surface area contributed by atoms with Crippen molar-refractivity contribution in [3.63, 3.8) is 0 Å². The number of ether oxygens (including phenoxy) is 1. The molecule has 0 N–H and O–H groups in total. The third kappa shape index (κ3) is 3.94. The highest BCUT2D eigenvalue weighted by Crippen LogP contribution is 2.44. The van der Waals surface area contributed by atoms with E-state index in [0.717, 1.165) is 31.9 Å². The molecule has 1 aromatic rings. The van der Waals surface area contributed by atoms with Gasteiger partial charge >= 0.3 is 0 Å². The quantitative estimate of drug-likeness (QED) is 0.793. The van der Waals surface area contributed by atoms with Crippen molar-refractivity contribution in [1.29, 1.82) is 0 Å². The van der Waals surface area contributed by atoms with Crippen LogP contribution >= 0.6 is 0 Å². The summed E-state index contributed by atoms with van der Waals surface area (Å²) in [7, 11) is -3.11. The van der Waals surface area contributed by atoms with E-state index < -0.39 is 9.84 Å². The average molecular weight is 357 g/mol. The molecule has 1 spiro atoms. The van der Waals surface area contributed by atoms with Gasteiger partial charge in [-0.2, -0.15) is 4.98 Å². The van der Waals surface area contributed by atoms with Crippen LogP contribution in [0.3, 0.4) is 0 Å². The Morgan fingerprint density at radius 1 is 1.33 bits per heavy atom. The summed E-state index contributed by atoms with van der Waals surface area (Å²) in [5, 5.41) is 3.80. The van der Waals surface area contributed by atoms with E-state index in [2.05, 4.69) is 10.1 Å². The number of rotatable bonds is 4. The van der Waals surface area contributed by atoms with Gasteiger partial charge in [-0.25, -0.2) is 8.42 Å². The Labute approximate surface area is 141 Å². The normalized spacial score (nSPS) is 23.8. The van der Waals surface area contributed by atoms with Crippen LogP contribution in [0.4, 0.5) is 0 Å². The van der Waals surface area contributed by atoms with Gasteiger partial charge in [0.2, 0.25) is 5.91 Å². The highest BCUT2D eigenvalue weighted by molar-refractivity contribution is 7.90. The molecule has 24 heavy (non-hydrogen) atoms. The van der Waals surface area contributed by atoms with Crippen molar-refractivity contribution >= 4 is 15.7 Å². The number of carbonyl (C=O) groups is 1. The summed E-state index contributed by atoms with van der Waals surface area (Å²) >= 11 is 0. The largest absolute Gasteiger partial charge is 0.362 e. The summed E-state index contributed by atoms with van der Waals surface area (Å²) in [6.07, 6.45) is 4.28. The van der Waals surface area contributed by atoms with E-state index in [9.17, 15) is 13.2 Å². The lowest BCUT2D eigenvalue weighted by Gasteiger charge is -2.39. The second-order valence-corrected chi connectivity index (χ2v) is 9.03. The maximum atomic E-state index is 12.1. The molecule has 1 amide bonds. The number of sulfone groups is 1. The lowest BCUT2D eigenvalue weighted by molar-refractivity contribution is -0.137. The van der Waals surface area contributed by atoms with Gasteiger partial charge in [-0.3, -0.25) is 4.79 Å². The molecule has 0 aromatic carbocycles. The van der Waals surface area contributed by atoms with Crippen molar-refractivity contribution in [2.75, 3.05) is 25.1 Å². The number of piperidine rings is 1. The van der Waals surface area contributed by atoms with Crippen molar-refractivity contribution in [3.05, 3.63) is 11.7 Å². The third-order valence-corrected chi connectivity index (χ3v) is 5.73. The molecule has 1 unspecified atom stereocenters. The van der Waals surface area contributed by atoms with Crippen molar-refractivity contribution in [3.8, 4) is 0 Å². The van der Waals surface area contributed by atoms with Crippen LogP contribution in [0.1, 0.15) is 49.9 Å². The average Bonchev–Trinajstić information content (AvgIpc) is 3.12. The van der Waals surface area contributed by atoms with Crippen LogP contribution in [0.2, 0.25) is 0 Å². The predicted octanol–water partition coefficient (Wildman–Crippen LogP) is 1.03. The molecular weight excluding hydrogens is 334 g/mol. The first-order chi connectivity index (χ1) is 11.3. The van der Waals surface area contributed by atoms with Gasteiger partial charge in [-0.05, 0) is 32.6 Å². The topological polar surface area (TPSA) is 103 Å². The molecular formula is C15H23N3O5S. The Balaban J connectivity index is 1.52. The zero-order valence-corrected chi connectivity index (χ0v) is 14.8. The molecule has 0 radical (unpaired) electrons. The van der Waals surface area contributed by atoms with Gasteiger partial charge in [0.1, 0.15) is 15.9 Å². The summed E-state index contributed by atoms with van der Waals surface area (Å²) in [5.41, 5.74) is -0.235. The highest BCUT2D eigenvalue weighted by Gasteiger charge is 2.45. The number of aryl methyl sites for hydroxylation is 1. The van der Waals surface area contributed by atoms with Gasteiger partial charge in [0.05, 0.1) is 11.4 Å². The number of likely N-dealkylation sites (tertiary alicyclic amines) is 1. The van der Waals surface area contributed by atoms with Gasteiger partial charge in [0.15, 0.2) is 5.82 Å². The van der Waals surface area contributed by atoms with Crippen LogP contribution in [0, 0.1) is 6.92 Å². The molecule has 1 aromatic heterocycles. The molecule has 1 atom stereocenters. The van der Waals surface area contributed by atoms with Crippen LogP contribution in [0.5, 0.6) is 0 Å². The molecule has 0 bridgehead atoms. The number of nitrogens with zero attached hydrogens (tertiary/aromatic N) is 3. The second kappa shape index (κ2) is 6.44. The van der Waals surface area contributed by atoms with Gasteiger partial charge in [0, 0.05) is 25.8 Å². The van der Waals surface area contributed by atoms with E-state index in [1.165, 1.54) is 0 Å². The highest BCUT2D eigenvalue weighted by atomic mass is 32.2. The summed E-state index contributed by atoms with van der Waals surface area (Å²) in [4.78, 5) is 18.1. The second-order valence-electron chi connectivity index (χ2n) is 6.77. The minimum absolute atomic E-state index is 0.0522. The maximum Gasteiger partial charge on any atom is 0.255 e. The third-order valence-electron chi connectivity index (χ3n) is 4.79. The Morgan fingerprint density at radius 2 is 2.04 bits per heavy atom. The van der Waals surface area contributed by atoms with E-state index in [4.69, 9.17) is 9.26 Å². The first-order valence-electron chi connectivity index (χ1n) is 8.20. The lowest BCUT2D eigenvalue weighted by Crippen LogP contribution is -2.46. The SMILES string of the molecule is Cc1noc(C2CCC3(CCN(C(=O)CCS(C)(=O)=O)CC3)O2)n1. The Bertz CT molecular complexity index is 706. The van der Waals surface area contributed by atoms with E-state index in [-0.39, 0.29) is 29.8 Å². The minimum atomic E-state index is -3.11. The van der Waals surface area contributed by atoms with Crippen molar-refractivity contribution in [2.24, 2.45) is 0 Å². The van der Waals surface area contributed by atoms with Crippen LogP contribution in [0.25, 0.3) is 0 Å². The number of aromatic nitrogens is 2. The van der Waals surface area contributed by atoms with Crippen molar-refractivity contribution in [1.82, 2.24) is 15.0 Å². The van der Waals surface area contributed by atoms with Crippen molar-refractivity contribution < 1.29 is 22.5 Å². The molecule has 9 heteroatoms. The van der Waals surface area contributed by atoms with Crippen molar-refractivity contribution in [2.45, 2.75) is 50.7 Å². The number of hydrogen-bond donors (Lipinski definition) is 0. The first-order valence-corrected chi connectivity index (χ1v) is 10.3. The van der Waals surface area contributed by atoms with Crippen LogP contribution in [0.15, 0.2) is 4.52 Å². The minimum Gasteiger partial charge on any atom is -0.362 e. The van der Waals surface area contributed by atoms with Gasteiger partial charge in [-0.1, -0.05) is 5.16 Å². The molecule has 8 nitrogen and oxygen atoms in total. The summed E-state index contributed by atoms with van der Waals surface area (Å²) < 4.78 is 33.8. The number of amides is 1.